The number of benzene rings is 2. The van der Waals surface area contributed by atoms with E-state index in [4.69, 9.17) is 11.6 Å². The second kappa shape index (κ2) is 6.84. The molecule has 6 heteroatoms. The van der Waals surface area contributed by atoms with Crippen LogP contribution in [-0.2, 0) is 16.2 Å². The van der Waals surface area contributed by atoms with E-state index in [1.54, 1.807) is 24.3 Å². The van der Waals surface area contributed by atoms with Crippen LogP contribution in [-0.4, -0.2) is 17.4 Å². The van der Waals surface area contributed by atoms with Crippen LogP contribution in [0.4, 0.5) is 5.69 Å². The minimum Gasteiger partial charge on any atom is -0.304 e. The first-order valence-electron chi connectivity index (χ1n) is 8.14. The second-order valence-electron chi connectivity index (χ2n) is 6.40. The van der Waals surface area contributed by atoms with Gasteiger partial charge in [0.25, 0.3) is 5.54 Å². The maximum Gasteiger partial charge on any atom is 0.265 e. The predicted octanol–water partition coefficient (Wildman–Crippen LogP) is 4.03. The summed E-state index contributed by atoms with van der Waals surface area (Å²) in [6.07, 6.45) is 0.326. The van der Waals surface area contributed by atoms with Crippen LogP contribution < -0.4 is 4.90 Å². The third-order valence-corrected chi connectivity index (χ3v) is 5.09. The maximum absolute atomic E-state index is 12.5. The van der Waals surface area contributed by atoms with E-state index < -0.39 is 5.54 Å². The zero-order chi connectivity index (χ0) is 18.0. The van der Waals surface area contributed by atoms with Gasteiger partial charge in [0, 0.05) is 34.9 Å². The van der Waals surface area contributed by atoms with Crippen LogP contribution in [0.25, 0.3) is 0 Å². The number of alkyl halides is 1. The van der Waals surface area contributed by atoms with E-state index in [2.05, 4.69) is 0 Å². The molecule has 130 valence electrons. The molecule has 1 aliphatic heterocycles. The Labute approximate surface area is 151 Å². The lowest BCUT2D eigenvalue weighted by atomic mass is 9.82. The molecule has 1 saturated heterocycles. The molecule has 3 rings (SSSR count). The van der Waals surface area contributed by atoms with Crippen LogP contribution >= 0.6 is 11.6 Å². The fraction of sp³-hybridized carbons (Fsp3) is 0.316. The summed E-state index contributed by atoms with van der Waals surface area (Å²) >= 11 is 6.05. The molecule has 0 saturated carbocycles. The summed E-state index contributed by atoms with van der Waals surface area (Å²) in [4.78, 5) is 25.8. The molecule has 1 atom stereocenters. The van der Waals surface area contributed by atoms with Gasteiger partial charge in [-0.3, -0.25) is 14.9 Å². The SMILES string of the molecule is Cc1ccc(N2CC(c3ccccc3)([N+](=O)[O-])CCC2=O)c(CCl)c1. The smallest absolute Gasteiger partial charge is 0.265 e. The normalized spacial score (nSPS) is 20.6. The molecule has 0 radical (unpaired) electrons. The highest BCUT2D eigenvalue weighted by Crippen LogP contribution is 2.38. The number of aryl methyl sites for hydroxylation is 1. The lowest BCUT2D eigenvalue weighted by molar-refractivity contribution is -0.578. The molecule has 1 unspecified atom stereocenters. The first kappa shape index (κ1) is 17.4. The van der Waals surface area contributed by atoms with Crippen molar-refractivity contribution in [2.24, 2.45) is 0 Å². The van der Waals surface area contributed by atoms with Crippen LogP contribution in [0, 0.1) is 17.0 Å². The summed E-state index contributed by atoms with van der Waals surface area (Å²) in [6, 6.07) is 14.6. The highest BCUT2D eigenvalue weighted by atomic mass is 35.5. The number of rotatable bonds is 4. The molecule has 0 spiro atoms. The third kappa shape index (κ3) is 3.12. The van der Waals surface area contributed by atoms with E-state index in [-0.39, 0.29) is 36.1 Å². The zero-order valence-electron chi connectivity index (χ0n) is 13.9. The third-order valence-electron chi connectivity index (χ3n) is 4.80. The Balaban J connectivity index is 2.07. The Hall–Kier alpha value is -2.40. The van der Waals surface area contributed by atoms with Gasteiger partial charge < -0.3 is 4.90 Å². The van der Waals surface area contributed by atoms with E-state index in [0.717, 1.165) is 11.1 Å². The number of hydrogen-bond donors (Lipinski definition) is 0. The molecule has 0 bridgehead atoms. The molecule has 0 N–H and O–H groups in total. The predicted molar refractivity (Wildman–Crippen MR) is 97.4 cm³/mol. The minimum atomic E-state index is -1.30. The van der Waals surface area contributed by atoms with E-state index in [1.165, 1.54) is 4.90 Å². The molecule has 0 aromatic heterocycles. The van der Waals surface area contributed by atoms with Crippen molar-refractivity contribution in [3.63, 3.8) is 0 Å². The maximum atomic E-state index is 12.5. The van der Waals surface area contributed by atoms with Gasteiger partial charge >= 0.3 is 0 Å². The Morgan fingerprint density at radius 3 is 2.60 bits per heavy atom. The van der Waals surface area contributed by atoms with E-state index >= 15 is 0 Å². The van der Waals surface area contributed by atoms with Gasteiger partial charge in [-0.1, -0.05) is 48.0 Å². The van der Waals surface area contributed by atoms with Crippen molar-refractivity contribution in [2.45, 2.75) is 31.2 Å². The van der Waals surface area contributed by atoms with Crippen molar-refractivity contribution in [2.75, 3.05) is 11.4 Å². The number of nitrogens with zero attached hydrogens (tertiary/aromatic N) is 2. The Bertz CT molecular complexity index is 810. The minimum absolute atomic E-state index is 0.00972. The highest BCUT2D eigenvalue weighted by molar-refractivity contribution is 6.17. The van der Waals surface area contributed by atoms with E-state index in [9.17, 15) is 14.9 Å². The van der Waals surface area contributed by atoms with Gasteiger partial charge in [-0.2, -0.15) is 0 Å². The molecular formula is C19H19ClN2O3. The average Bonchev–Trinajstić information content (AvgIpc) is 2.63. The van der Waals surface area contributed by atoms with Crippen LogP contribution in [0.3, 0.4) is 0 Å². The number of hydrogen-bond acceptors (Lipinski definition) is 3. The number of halogens is 1. The van der Waals surface area contributed by atoms with Crippen molar-refractivity contribution < 1.29 is 9.72 Å². The first-order chi connectivity index (χ1) is 12.0. The average molecular weight is 359 g/mol. The van der Waals surface area contributed by atoms with Crippen molar-refractivity contribution in [3.8, 4) is 0 Å². The van der Waals surface area contributed by atoms with Gasteiger partial charge in [0.1, 0.15) is 6.54 Å². The van der Waals surface area contributed by atoms with Crippen LogP contribution in [0.15, 0.2) is 48.5 Å². The molecule has 0 aliphatic carbocycles. The van der Waals surface area contributed by atoms with Gasteiger partial charge in [-0.15, -0.1) is 11.6 Å². The summed E-state index contributed by atoms with van der Waals surface area (Å²) in [5.74, 6) is 0.140. The molecule has 1 aliphatic rings. The quantitative estimate of drug-likeness (QED) is 0.471. The van der Waals surface area contributed by atoms with Gasteiger partial charge in [0.05, 0.1) is 0 Å². The molecular weight excluding hydrogens is 340 g/mol. The van der Waals surface area contributed by atoms with Gasteiger partial charge in [-0.05, 0) is 18.6 Å². The molecule has 2 aromatic carbocycles. The summed E-state index contributed by atoms with van der Waals surface area (Å²) in [7, 11) is 0. The van der Waals surface area contributed by atoms with Crippen molar-refractivity contribution in [1.82, 2.24) is 0 Å². The Morgan fingerprint density at radius 1 is 1.24 bits per heavy atom. The first-order valence-corrected chi connectivity index (χ1v) is 8.67. The van der Waals surface area contributed by atoms with Gasteiger partial charge in [0.15, 0.2) is 0 Å². The molecule has 1 fully saturated rings. The van der Waals surface area contributed by atoms with Gasteiger partial charge in [-0.25, -0.2) is 0 Å². The van der Waals surface area contributed by atoms with Crippen molar-refractivity contribution in [1.29, 1.82) is 0 Å². The number of anilines is 1. The number of amides is 1. The van der Waals surface area contributed by atoms with E-state index in [1.807, 2.05) is 31.2 Å². The lowest BCUT2D eigenvalue weighted by Crippen LogP contribution is -2.53. The molecule has 25 heavy (non-hydrogen) atoms. The molecule has 2 aromatic rings. The fourth-order valence-corrected chi connectivity index (χ4v) is 3.63. The van der Waals surface area contributed by atoms with Crippen LogP contribution in [0.2, 0.25) is 0 Å². The standard InChI is InChI=1S/C19H19ClN2O3/c1-14-7-8-17(15(11-14)12-20)21-13-19(22(24)25,10-9-18(21)23)16-5-3-2-4-6-16/h2-8,11H,9-10,12-13H2,1H3. The van der Waals surface area contributed by atoms with E-state index in [0.29, 0.717) is 11.3 Å². The molecule has 1 heterocycles. The number of piperidine rings is 1. The second-order valence-corrected chi connectivity index (χ2v) is 6.67. The van der Waals surface area contributed by atoms with Crippen LogP contribution in [0.5, 0.6) is 0 Å². The fourth-order valence-electron chi connectivity index (χ4n) is 3.42. The largest absolute Gasteiger partial charge is 0.304 e. The summed E-state index contributed by atoms with van der Waals surface area (Å²) in [6.45, 7) is 1.96. The lowest BCUT2D eigenvalue weighted by Gasteiger charge is -2.37. The number of nitro groups is 1. The summed E-state index contributed by atoms with van der Waals surface area (Å²) in [5.41, 5.74) is 1.82. The zero-order valence-corrected chi connectivity index (χ0v) is 14.7. The Morgan fingerprint density at radius 2 is 1.96 bits per heavy atom. The number of carbonyl (C=O) groups excluding carboxylic acids is 1. The summed E-state index contributed by atoms with van der Waals surface area (Å²) in [5, 5.41) is 12.0. The monoisotopic (exact) mass is 358 g/mol. The summed E-state index contributed by atoms with van der Waals surface area (Å²) < 4.78 is 0. The Kier molecular flexibility index (Phi) is 4.77. The number of carbonyl (C=O) groups is 1. The van der Waals surface area contributed by atoms with Crippen LogP contribution in [0.1, 0.15) is 29.5 Å². The highest BCUT2D eigenvalue weighted by Gasteiger charge is 2.51. The van der Waals surface area contributed by atoms with Crippen molar-refractivity contribution in [3.05, 3.63) is 75.3 Å². The molecule has 5 nitrogen and oxygen atoms in total. The van der Waals surface area contributed by atoms with Crippen molar-refractivity contribution >= 4 is 23.2 Å². The van der Waals surface area contributed by atoms with Gasteiger partial charge in [0.2, 0.25) is 5.91 Å². The molecule has 1 amide bonds. The topological polar surface area (TPSA) is 63.4 Å².